The van der Waals surface area contributed by atoms with Crippen LogP contribution in [0.1, 0.15) is 15.4 Å². The quantitative estimate of drug-likeness (QED) is 0.619. The van der Waals surface area contributed by atoms with Gasteiger partial charge in [0.15, 0.2) is 0 Å². The molecule has 2 amide bonds. The summed E-state index contributed by atoms with van der Waals surface area (Å²) in [5, 5.41) is 4.54. The lowest BCUT2D eigenvalue weighted by Gasteiger charge is -2.07. The first kappa shape index (κ1) is 17.3. The molecule has 2 heterocycles. The number of amides is 2. The van der Waals surface area contributed by atoms with Crippen molar-refractivity contribution >= 4 is 50.5 Å². The maximum absolute atomic E-state index is 12.6. The summed E-state index contributed by atoms with van der Waals surface area (Å²) in [5.74, 6) is -0.331. The summed E-state index contributed by atoms with van der Waals surface area (Å²) in [6.45, 7) is 0. The molecule has 1 N–H and O–H groups in total. The molecule has 0 saturated carbocycles. The van der Waals surface area contributed by atoms with E-state index in [9.17, 15) is 9.59 Å². The number of hydrogen-bond acceptors (Lipinski definition) is 4. The molecule has 0 radical (unpaired) electrons. The summed E-state index contributed by atoms with van der Waals surface area (Å²) in [4.78, 5) is 29.4. The van der Waals surface area contributed by atoms with E-state index in [1.54, 1.807) is 47.8 Å². The molecule has 0 unspecified atom stereocenters. The predicted octanol–water partition coefficient (Wildman–Crippen LogP) is 4.57. The molecule has 3 aromatic rings. The first-order valence-electron chi connectivity index (χ1n) is 7.36. The van der Waals surface area contributed by atoms with Crippen molar-refractivity contribution in [1.82, 2.24) is 0 Å². The number of nitrogens with one attached hydrogen (secondary N) is 1. The maximum atomic E-state index is 12.6. The Morgan fingerprint density at radius 2 is 2.04 bits per heavy atom. The number of aliphatic imine (C=N–C) groups is 1. The molecule has 1 aromatic carbocycles. The molecule has 2 aromatic heterocycles. The van der Waals surface area contributed by atoms with Crippen LogP contribution < -0.4 is 5.32 Å². The summed E-state index contributed by atoms with van der Waals surface area (Å²) in [6, 6.07) is 14.1. The molecule has 0 aliphatic heterocycles. The van der Waals surface area contributed by atoms with E-state index in [0.717, 1.165) is 4.47 Å². The van der Waals surface area contributed by atoms with E-state index < -0.39 is 11.8 Å². The highest BCUT2D eigenvalue weighted by atomic mass is 79.9. The Kier molecular flexibility index (Phi) is 5.57. The Labute approximate surface area is 156 Å². The highest BCUT2D eigenvalue weighted by molar-refractivity contribution is 9.10. The van der Waals surface area contributed by atoms with Crippen molar-refractivity contribution in [3.8, 4) is 0 Å². The number of thiophene rings is 1. The number of rotatable bonds is 5. The van der Waals surface area contributed by atoms with Gasteiger partial charge in [-0.25, -0.2) is 4.99 Å². The van der Waals surface area contributed by atoms with Crippen molar-refractivity contribution in [2.24, 2.45) is 4.99 Å². The number of carbonyl (C=O) groups is 2. The third-order valence-corrected chi connectivity index (χ3v) is 4.59. The minimum Gasteiger partial charge on any atom is -0.469 e. The van der Waals surface area contributed by atoms with Crippen molar-refractivity contribution in [2.75, 3.05) is 5.32 Å². The second kappa shape index (κ2) is 8.04. The van der Waals surface area contributed by atoms with Gasteiger partial charge in [-0.05, 0) is 41.8 Å². The van der Waals surface area contributed by atoms with Gasteiger partial charge in [0.25, 0.3) is 11.8 Å². The molecule has 0 atom stereocenters. The van der Waals surface area contributed by atoms with Crippen LogP contribution >= 0.6 is 27.3 Å². The van der Waals surface area contributed by atoms with E-state index in [2.05, 4.69) is 26.2 Å². The summed E-state index contributed by atoms with van der Waals surface area (Å²) < 4.78 is 6.12. The largest absolute Gasteiger partial charge is 0.469 e. The van der Waals surface area contributed by atoms with Gasteiger partial charge in [0.05, 0.1) is 17.6 Å². The highest BCUT2D eigenvalue weighted by Crippen LogP contribution is 2.16. The van der Waals surface area contributed by atoms with Gasteiger partial charge in [-0.15, -0.1) is 11.3 Å². The van der Waals surface area contributed by atoms with E-state index in [-0.39, 0.29) is 12.1 Å². The predicted molar refractivity (Wildman–Crippen MR) is 101 cm³/mol. The molecular formula is C18H13BrN2O3S. The summed E-state index contributed by atoms with van der Waals surface area (Å²) in [5.41, 5.74) is 0.698. The number of nitrogens with zero attached hydrogens (tertiary/aromatic N) is 1. The Balaban J connectivity index is 1.84. The van der Waals surface area contributed by atoms with Crippen molar-refractivity contribution in [3.05, 3.63) is 75.3 Å². The molecule has 0 fully saturated rings. The SMILES string of the molecule is O=C(Nc1cccc(Br)c1)C(Cc1ccco1)=NC(=O)c1cccs1. The monoisotopic (exact) mass is 416 g/mol. The van der Waals surface area contributed by atoms with Gasteiger partial charge in [-0.1, -0.05) is 28.1 Å². The minimum absolute atomic E-state index is 0.0910. The zero-order valence-corrected chi connectivity index (χ0v) is 15.3. The fourth-order valence-corrected chi connectivity index (χ4v) is 3.10. The lowest BCUT2D eigenvalue weighted by Crippen LogP contribution is -2.26. The molecule has 126 valence electrons. The zero-order chi connectivity index (χ0) is 17.6. The highest BCUT2D eigenvalue weighted by Gasteiger charge is 2.17. The van der Waals surface area contributed by atoms with Crippen LogP contribution in [0.4, 0.5) is 5.69 Å². The van der Waals surface area contributed by atoms with Crippen LogP contribution in [0.25, 0.3) is 0 Å². The zero-order valence-electron chi connectivity index (χ0n) is 12.9. The Bertz CT molecular complexity index is 902. The van der Waals surface area contributed by atoms with Crippen LogP contribution in [0.3, 0.4) is 0 Å². The maximum Gasteiger partial charge on any atom is 0.287 e. The minimum atomic E-state index is -0.445. The van der Waals surface area contributed by atoms with Crippen LogP contribution in [0.2, 0.25) is 0 Å². The van der Waals surface area contributed by atoms with Crippen molar-refractivity contribution in [3.63, 3.8) is 0 Å². The van der Waals surface area contributed by atoms with Gasteiger partial charge in [0, 0.05) is 10.2 Å². The smallest absolute Gasteiger partial charge is 0.287 e. The van der Waals surface area contributed by atoms with Crippen molar-refractivity contribution < 1.29 is 14.0 Å². The lowest BCUT2D eigenvalue weighted by atomic mass is 10.2. The van der Waals surface area contributed by atoms with E-state index in [1.165, 1.54) is 17.6 Å². The summed E-state index contributed by atoms with van der Waals surface area (Å²) in [6.07, 6.45) is 1.64. The molecule has 5 nitrogen and oxygen atoms in total. The molecule has 0 aliphatic rings. The van der Waals surface area contributed by atoms with Crippen LogP contribution in [0.15, 0.2) is 74.1 Å². The van der Waals surface area contributed by atoms with Gasteiger partial charge in [-0.2, -0.15) is 0 Å². The standard InChI is InChI=1S/C18H13BrN2O3S/c19-12-4-1-5-13(10-12)20-17(22)15(11-14-6-2-8-24-14)21-18(23)16-7-3-9-25-16/h1-10H,11H2,(H,20,22). The van der Waals surface area contributed by atoms with Crippen LogP contribution in [-0.2, 0) is 11.2 Å². The summed E-state index contributed by atoms with van der Waals surface area (Å²) >= 11 is 4.64. The molecule has 0 spiro atoms. The van der Waals surface area contributed by atoms with Crippen LogP contribution in [0.5, 0.6) is 0 Å². The first-order valence-corrected chi connectivity index (χ1v) is 9.04. The van der Waals surface area contributed by atoms with E-state index in [1.807, 2.05) is 6.07 Å². The number of furan rings is 1. The van der Waals surface area contributed by atoms with E-state index in [4.69, 9.17) is 4.42 Å². The number of anilines is 1. The lowest BCUT2D eigenvalue weighted by molar-refractivity contribution is -0.110. The van der Waals surface area contributed by atoms with Gasteiger partial charge in [0.2, 0.25) is 0 Å². The molecular weight excluding hydrogens is 404 g/mol. The normalized spacial score (nSPS) is 11.3. The van der Waals surface area contributed by atoms with Crippen molar-refractivity contribution in [1.29, 1.82) is 0 Å². The summed E-state index contributed by atoms with van der Waals surface area (Å²) in [7, 11) is 0. The number of hydrogen-bond donors (Lipinski definition) is 1. The molecule has 25 heavy (non-hydrogen) atoms. The first-order chi connectivity index (χ1) is 12.1. The molecule has 0 bridgehead atoms. The third kappa shape index (κ3) is 4.74. The topological polar surface area (TPSA) is 71.7 Å². The molecule has 3 rings (SSSR count). The van der Waals surface area contributed by atoms with Crippen molar-refractivity contribution in [2.45, 2.75) is 6.42 Å². The molecule has 7 heteroatoms. The second-order valence-corrected chi connectivity index (χ2v) is 6.92. The van der Waals surface area contributed by atoms with Crippen LogP contribution in [-0.4, -0.2) is 17.5 Å². The number of halogens is 1. The van der Waals surface area contributed by atoms with E-state index >= 15 is 0 Å². The fraction of sp³-hybridized carbons (Fsp3) is 0.0556. The fourth-order valence-electron chi connectivity index (χ4n) is 2.10. The Morgan fingerprint density at radius 3 is 2.72 bits per heavy atom. The Hall–Kier alpha value is -2.51. The molecule has 0 aliphatic carbocycles. The number of benzene rings is 1. The van der Waals surface area contributed by atoms with Gasteiger partial charge in [0.1, 0.15) is 11.5 Å². The van der Waals surface area contributed by atoms with Gasteiger partial charge >= 0.3 is 0 Å². The van der Waals surface area contributed by atoms with Gasteiger partial charge < -0.3 is 9.73 Å². The van der Waals surface area contributed by atoms with Crippen LogP contribution in [0, 0.1) is 0 Å². The second-order valence-electron chi connectivity index (χ2n) is 5.06. The molecule has 0 saturated heterocycles. The third-order valence-electron chi connectivity index (χ3n) is 3.23. The van der Waals surface area contributed by atoms with E-state index in [0.29, 0.717) is 16.3 Å². The number of carbonyl (C=O) groups excluding carboxylic acids is 2. The van der Waals surface area contributed by atoms with Gasteiger partial charge in [-0.3, -0.25) is 9.59 Å². The Morgan fingerprint density at radius 1 is 1.16 bits per heavy atom. The average Bonchev–Trinajstić information content (AvgIpc) is 3.28. The average molecular weight is 417 g/mol.